The minimum Gasteiger partial charge on any atom is -0.376 e. The zero-order valence-corrected chi connectivity index (χ0v) is 12.7. The van der Waals surface area contributed by atoms with Gasteiger partial charge in [0.25, 0.3) is 0 Å². The van der Waals surface area contributed by atoms with Crippen LogP contribution in [-0.2, 0) is 9.47 Å². The highest BCUT2D eigenvalue weighted by molar-refractivity contribution is 5.89. The smallest absolute Gasteiger partial charge is 0.322 e. The standard InChI is InChI=1S/C16H23N3O3/c20-16(18-13-4-1-7-17-10-13)19(11-14-5-2-8-21-14)12-15-6-3-9-22-15/h1,4,7,10,14-15H,2-3,5-6,8-9,11-12H2,(H,18,20)/t14-,15+. The molecule has 2 saturated heterocycles. The highest BCUT2D eigenvalue weighted by Gasteiger charge is 2.26. The van der Waals surface area contributed by atoms with E-state index in [9.17, 15) is 4.79 Å². The number of hydrogen-bond donors (Lipinski definition) is 1. The number of amides is 2. The summed E-state index contributed by atoms with van der Waals surface area (Å²) in [7, 11) is 0. The van der Waals surface area contributed by atoms with Gasteiger partial charge >= 0.3 is 6.03 Å². The van der Waals surface area contributed by atoms with E-state index in [1.807, 2.05) is 11.0 Å². The Morgan fingerprint density at radius 3 is 2.41 bits per heavy atom. The molecule has 3 rings (SSSR count). The molecule has 2 aliphatic heterocycles. The molecule has 2 atom stereocenters. The second-order valence-electron chi connectivity index (χ2n) is 5.85. The summed E-state index contributed by atoms with van der Waals surface area (Å²) in [4.78, 5) is 18.4. The van der Waals surface area contributed by atoms with Gasteiger partial charge < -0.3 is 19.7 Å². The van der Waals surface area contributed by atoms with E-state index in [2.05, 4.69) is 10.3 Å². The predicted octanol–water partition coefficient (Wildman–Crippen LogP) is 2.27. The van der Waals surface area contributed by atoms with Crippen LogP contribution < -0.4 is 5.32 Å². The highest BCUT2D eigenvalue weighted by atomic mass is 16.5. The summed E-state index contributed by atoms with van der Waals surface area (Å²) in [6, 6.07) is 3.53. The number of nitrogens with one attached hydrogen (secondary N) is 1. The molecule has 0 aliphatic carbocycles. The van der Waals surface area contributed by atoms with Gasteiger partial charge in [-0.05, 0) is 37.8 Å². The molecule has 0 spiro atoms. The zero-order valence-electron chi connectivity index (χ0n) is 12.7. The Morgan fingerprint density at radius 2 is 1.91 bits per heavy atom. The Balaban J connectivity index is 1.61. The van der Waals surface area contributed by atoms with E-state index in [0.717, 1.165) is 38.9 Å². The number of ether oxygens (including phenoxy) is 2. The van der Waals surface area contributed by atoms with Crippen molar-refractivity contribution in [3.05, 3.63) is 24.5 Å². The van der Waals surface area contributed by atoms with Crippen LogP contribution >= 0.6 is 0 Å². The molecule has 0 unspecified atom stereocenters. The van der Waals surface area contributed by atoms with Gasteiger partial charge in [-0.1, -0.05) is 0 Å². The van der Waals surface area contributed by atoms with Crippen LogP contribution in [0, 0.1) is 0 Å². The first-order valence-corrected chi connectivity index (χ1v) is 8.00. The predicted molar refractivity (Wildman–Crippen MR) is 82.8 cm³/mol. The lowest BCUT2D eigenvalue weighted by Gasteiger charge is -2.27. The first kappa shape index (κ1) is 15.2. The maximum atomic E-state index is 12.6. The molecule has 0 saturated carbocycles. The zero-order chi connectivity index (χ0) is 15.2. The monoisotopic (exact) mass is 305 g/mol. The SMILES string of the molecule is O=C(Nc1cccnc1)N(C[C@H]1CCCO1)C[C@@H]1CCCO1. The fraction of sp³-hybridized carbons (Fsp3) is 0.625. The molecule has 120 valence electrons. The largest absolute Gasteiger partial charge is 0.376 e. The quantitative estimate of drug-likeness (QED) is 0.906. The fourth-order valence-electron chi connectivity index (χ4n) is 2.95. The van der Waals surface area contributed by atoms with Crippen LogP contribution in [-0.4, -0.2) is 54.4 Å². The highest BCUT2D eigenvalue weighted by Crippen LogP contribution is 2.18. The third-order valence-electron chi connectivity index (χ3n) is 4.10. The number of carbonyl (C=O) groups excluding carboxylic acids is 1. The molecule has 0 bridgehead atoms. The van der Waals surface area contributed by atoms with Crippen LogP contribution in [0.5, 0.6) is 0 Å². The second-order valence-corrected chi connectivity index (χ2v) is 5.85. The van der Waals surface area contributed by atoms with Crippen molar-refractivity contribution < 1.29 is 14.3 Å². The van der Waals surface area contributed by atoms with Gasteiger partial charge in [0.15, 0.2) is 0 Å². The molecule has 0 radical (unpaired) electrons. The van der Waals surface area contributed by atoms with Crippen molar-refractivity contribution in [2.75, 3.05) is 31.6 Å². The van der Waals surface area contributed by atoms with Crippen molar-refractivity contribution in [3.8, 4) is 0 Å². The maximum absolute atomic E-state index is 12.6. The van der Waals surface area contributed by atoms with E-state index in [1.165, 1.54) is 0 Å². The molecule has 0 aromatic carbocycles. The number of rotatable bonds is 5. The summed E-state index contributed by atoms with van der Waals surface area (Å²) in [6.07, 6.45) is 7.79. The number of aromatic nitrogens is 1. The average molecular weight is 305 g/mol. The molecule has 1 aromatic rings. The van der Waals surface area contributed by atoms with Crippen molar-refractivity contribution in [2.45, 2.75) is 37.9 Å². The summed E-state index contributed by atoms with van der Waals surface area (Å²) in [5.41, 5.74) is 0.706. The topological polar surface area (TPSA) is 63.7 Å². The van der Waals surface area contributed by atoms with Crippen LogP contribution in [0.4, 0.5) is 10.5 Å². The Bertz CT molecular complexity index is 453. The fourth-order valence-corrected chi connectivity index (χ4v) is 2.95. The molecule has 3 heterocycles. The van der Waals surface area contributed by atoms with Gasteiger partial charge in [-0.25, -0.2) is 4.79 Å². The maximum Gasteiger partial charge on any atom is 0.322 e. The molecule has 2 fully saturated rings. The van der Waals surface area contributed by atoms with Crippen molar-refractivity contribution >= 4 is 11.7 Å². The lowest BCUT2D eigenvalue weighted by Crippen LogP contribution is -2.44. The normalized spacial score (nSPS) is 24.4. The van der Waals surface area contributed by atoms with Crippen molar-refractivity contribution in [1.82, 2.24) is 9.88 Å². The molecular formula is C16H23N3O3. The molecule has 1 aromatic heterocycles. The summed E-state index contributed by atoms with van der Waals surface area (Å²) in [6.45, 7) is 2.82. The van der Waals surface area contributed by atoms with E-state index in [-0.39, 0.29) is 18.2 Å². The number of pyridine rings is 1. The van der Waals surface area contributed by atoms with Crippen molar-refractivity contribution in [1.29, 1.82) is 0 Å². The first-order valence-electron chi connectivity index (χ1n) is 8.00. The number of nitrogens with zero attached hydrogens (tertiary/aromatic N) is 2. The van der Waals surface area contributed by atoms with Gasteiger partial charge in [-0.3, -0.25) is 4.98 Å². The Morgan fingerprint density at radius 1 is 1.23 bits per heavy atom. The van der Waals surface area contributed by atoms with Crippen LogP contribution in [0.3, 0.4) is 0 Å². The van der Waals surface area contributed by atoms with Crippen molar-refractivity contribution in [2.24, 2.45) is 0 Å². The summed E-state index contributed by atoms with van der Waals surface area (Å²) in [5.74, 6) is 0. The van der Waals surface area contributed by atoms with Crippen molar-refractivity contribution in [3.63, 3.8) is 0 Å². The van der Waals surface area contributed by atoms with E-state index >= 15 is 0 Å². The van der Waals surface area contributed by atoms with Gasteiger partial charge in [0.05, 0.1) is 24.1 Å². The molecule has 6 heteroatoms. The van der Waals surface area contributed by atoms with Crippen LogP contribution in [0.1, 0.15) is 25.7 Å². The van der Waals surface area contributed by atoms with Gasteiger partial charge in [-0.15, -0.1) is 0 Å². The molecule has 1 N–H and O–H groups in total. The second kappa shape index (κ2) is 7.56. The number of carbonyl (C=O) groups is 1. The van der Waals surface area contributed by atoms with E-state index in [4.69, 9.17) is 9.47 Å². The summed E-state index contributed by atoms with van der Waals surface area (Å²) in [5, 5.41) is 2.90. The lowest BCUT2D eigenvalue weighted by molar-refractivity contribution is 0.0524. The molecule has 2 aliphatic rings. The molecule has 22 heavy (non-hydrogen) atoms. The van der Waals surface area contributed by atoms with Gasteiger partial charge in [-0.2, -0.15) is 0 Å². The molecular weight excluding hydrogens is 282 g/mol. The minimum absolute atomic E-state index is 0.112. The van der Waals surface area contributed by atoms with Gasteiger partial charge in [0.1, 0.15) is 0 Å². The van der Waals surface area contributed by atoms with Crippen LogP contribution in [0.25, 0.3) is 0 Å². The van der Waals surface area contributed by atoms with Crippen LogP contribution in [0.15, 0.2) is 24.5 Å². The van der Waals surface area contributed by atoms with Gasteiger partial charge in [0, 0.05) is 32.5 Å². The van der Waals surface area contributed by atoms with Crippen LogP contribution in [0.2, 0.25) is 0 Å². The Labute approximate surface area is 130 Å². The number of urea groups is 1. The number of anilines is 1. The van der Waals surface area contributed by atoms with Gasteiger partial charge in [0.2, 0.25) is 0 Å². The average Bonchev–Trinajstić information content (AvgIpc) is 3.21. The van der Waals surface area contributed by atoms with E-state index in [0.29, 0.717) is 18.8 Å². The summed E-state index contributed by atoms with van der Waals surface area (Å²) >= 11 is 0. The van der Waals surface area contributed by atoms with E-state index < -0.39 is 0 Å². The summed E-state index contributed by atoms with van der Waals surface area (Å²) < 4.78 is 11.3. The first-order chi connectivity index (χ1) is 10.8. The Kier molecular flexibility index (Phi) is 5.24. The lowest BCUT2D eigenvalue weighted by atomic mass is 10.2. The minimum atomic E-state index is -0.112. The third kappa shape index (κ3) is 4.18. The third-order valence-corrected chi connectivity index (χ3v) is 4.10. The molecule has 2 amide bonds. The van der Waals surface area contributed by atoms with E-state index in [1.54, 1.807) is 18.5 Å². The molecule has 6 nitrogen and oxygen atoms in total. The Hall–Kier alpha value is -1.66. The number of hydrogen-bond acceptors (Lipinski definition) is 4.